The van der Waals surface area contributed by atoms with Gasteiger partial charge in [-0.3, -0.25) is 0 Å². The van der Waals surface area contributed by atoms with Crippen molar-refractivity contribution in [2.45, 2.75) is 36.9 Å². The summed E-state index contributed by atoms with van der Waals surface area (Å²) in [5.74, 6) is 0.463. The number of alkyl halides is 3. The average Bonchev–Trinajstić information content (AvgIpc) is 2.53. The lowest BCUT2D eigenvalue weighted by Gasteiger charge is -2.33. The Morgan fingerprint density at radius 1 is 1.21 bits per heavy atom. The van der Waals surface area contributed by atoms with Gasteiger partial charge in [0.2, 0.25) is 10.0 Å². The molecule has 0 amide bonds. The van der Waals surface area contributed by atoms with Gasteiger partial charge in [-0.1, -0.05) is 0 Å². The maximum atomic E-state index is 12.9. The van der Waals surface area contributed by atoms with Crippen molar-refractivity contribution < 1.29 is 31.1 Å². The van der Waals surface area contributed by atoms with Crippen molar-refractivity contribution in [2.24, 2.45) is 0 Å². The van der Waals surface area contributed by atoms with Crippen LogP contribution in [0.2, 0.25) is 0 Å². The summed E-state index contributed by atoms with van der Waals surface area (Å²) in [5, 5.41) is 0. The maximum Gasteiger partial charge on any atom is 0.402 e. The third-order valence-electron chi connectivity index (χ3n) is 3.67. The van der Waals surface area contributed by atoms with E-state index in [1.54, 1.807) is 6.92 Å². The fourth-order valence-electron chi connectivity index (χ4n) is 2.57. The van der Waals surface area contributed by atoms with Crippen molar-refractivity contribution in [1.82, 2.24) is 4.31 Å². The summed E-state index contributed by atoms with van der Waals surface area (Å²) >= 11 is 0. The Bertz CT molecular complexity index is 625. The van der Waals surface area contributed by atoms with Crippen LogP contribution in [0.15, 0.2) is 29.2 Å². The molecule has 24 heavy (non-hydrogen) atoms. The first-order valence-corrected chi connectivity index (χ1v) is 9.07. The average molecular weight is 367 g/mol. The normalized spacial score (nSPS) is 17.2. The molecule has 5 nitrogen and oxygen atoms in total. The summed E-state index contributed by atoms with van der Waals surface area (Å²) < 4.78 is 75.1. The SMILES string of the molecule is CCOc1ccc(S(=O)(=O)N(CC(F)(F)F)C2CCOCC2)cc1. The van der Waals surface area contributed by atoms with Crippen LogP contribution in [-0.2, 0) is 14.8 Å². The molecule has 9 heteroatoms. The standard InChI is InChI=1S/C15H20F3NO4S/c1-2-23-13-3-5-14(6-4-13)24(20,21)19(11-15(16,17)18)12-7-9-22-10-8-12/h3-6,12H,2,7-11H2,1H3. The Kier molecular flexibility index (Phi) is 6.11. The van der Waals surface area contributed by atoms with Crippen molar-refractivity contribution in [3.63, 3.8) is 0 Å². The molecule has 0 aliphatic carbocycles. The molecule has 1 fully saturated rings. The van der Waals surface area contributed by atoms with Gasteiger partial charge >= 0.3 is 6.18 Å². The lowest BCUT2D eigenvalue weighted by molar-refractivity contribution is -0.141. The number of nitrogens with zero attached hydrogens (tertiary/aromatic N) is 1. The Morgan fingerprint density at radius 2 is 1.79 bits per heavy atom. The molecule has 136 valence electrons. The summed E-state index contributed by atoms with van der Waals surface area (Å²) in [4.78, 5) is -0.179. The smallest absolute Gasteiger partial charge is 0.402 e. The van der Waals surface area contributed by atoms with E-state index >= 15 is 0 Å². The first kappa shape index (κ1) is 19.0. The van der Waals surface area contributed by atoms with E-state index in [9.17, 15) is 21.6 Å². The van der Waals surface area contributed by atoms with Gasteiger partial charge in [0.25, 0.3) is 0 Å². The van der Waals surface area contributed by atoms with Crippen LogP contribution >= 0.6 is 0 Å². The van der Waals surface area contributed by atoms with Crippen LogP contribution < -0.4 is 4.74 Å². The van der Waals surface area contributed by atoms with E-state index in [1.807, 2.05) is 0 Å². The van der Waals surface area contributed by atoms with Gasteiger partial charge in [0.1, 0.15) is 12.3 Å². The number of hydrogen-bond donors (Lipinski definition) is 0. The zero-order valence-electron chi connectivity index (χ0n) is 13.3. The molecule has 1 aromatic carbocycles. The van der Waals surface area contributed by atoms with Crippen molar-refractivity contribution in [2.75, 3.05) is 26.4 Å². The Hall–Kier alpha value is -1.32. The number of halogens is 3. The fourth-order valence-corrected chi connectivity index (χ4v) is 4.24. The molecule has 0 saturated carbocycles. The maximum absolute atomic E-state index is 12.9. The molecule has 0 atom stereocenters. The molecule has 0 spiro atoms. The van der Waals surface area contributed by atoms with Crippen LogP contribution in [0, 0.1) is 0 Å². The number of hydrogen-bond acceptors (Lipinski definition) is 4. The third-order valence-corrected chi connectivity index (χ3v) is 5.59. The number of sulfonamides is 1. The summed E-state index contributed by atoms with van der Waals surface area (Å²) in [6, 6.07) is 4.68. The molecule has 1 aliphatic rings. The Morgan fingerprint density at radius 3 is 2.29 bits per heavy atom. The number of rotatable bonds is 6. The topological polar surface area (TPSA) is 55.8 Å². The molecule has 0 bridgehead atoms. The zero-order valence-corrected chi connectivity index (χ0v) is 14.1. The minimum atomic E-state index is -4.61. The highest BCUT2D eigenvalue weighted by molar-refractivity contribution is 7.89. The van der Waals surface area contributed by atoms with Gasteiger partial charge < -0.3 is 9.47 Å². The number of ether oxygens (including phenoxy) is 2. The van der Waals surface area contributed by atoms with Crippen molar-refractivity contribution in [1.29, 1.82) is 0 Å². The molecule has 0 unspecified atom stereocenters. The zero-order chi connectivity index (χ0) is 17.8. The molecule has 1 saturated heterocycles. The van der Waals surface area contributed by atoms with Crippen LogP contribution in [0.4, 0.5) is 13.2 Å². The largest absolute Gasteiger partial charge is 0.494 e. The van der Waals surface area contributed by atoms with Gasteiger partial charge in [-0.05, 0) is 44.0 Å². The fraction of sp³-hybridized carbons (Fsp3) is 0.600. The van der Waals surface area contributed by atoms with Gasteiger partial charge in [0.05, 0.1) is 11.5 Å². The van der Waals surface area contributed by atoms with Gasteiger partial charge in [-0.15, -0.1) is 0 Å². The van der Waals surface area contributed by atoms with Crippen LogP contribution in [0.3, 0.4) is 0 Å². The monoisotopic (exact) mass is 367 g/mol. The Labute approximate surface area is 139 Å². The highest BCUT2D eigenvalue weighted by Crippen LogP contribution is 2.29. The molecule has 0 aromatic heterocycles. The predicted molar refractivity (Wildman–Crippen MR) is 81.4 cm³/mol. The lowest BCUT2D eigenvalue weighted by atomic mass is 10.1. The van der Waals surface area contributed by atoms with Crippen molar-refractivity contribution in [3.8, 4) is 5.75 Å². The highest BCUT2D eigenvalue weighted by atomic mass is 32.2. The third kappa shape index (κ3) is 4.84. The first-order chi connectivity index (χ1) is 11.2. The van der Waals surface area contributed by atoms with E-state index in [-0.39, 0.29) is 31.0 Å². The first-order valence-electron chi connectivity index (χ1n) is 7.63. The van der Waals surface area contributed by atoms with E-state index in [2.05, 4.69) is 0 Å². The minimum Gasteiger partial charge on any atom is -0.494 e. The number of benzene rings is 1. The van der Waals surface area contributed by atoms with Gasteiger partial charge in [0.15, 0.2) is 0 Å². The van der Waals surface area contributed by atoms with Gasteiger partial charge in [-0.25, -0.2) is 8.42 Å². The molecule has 1 heterocycles. The molecular weight excluding hydrogens is 347 g/mol. The Balaban J connectivity index is 2.31. The molecular formula is C15H20F3NO4S. The highest BCUT2D eigenvalue weighted by Gasteiger charge is 2.41. The van der Waals surface area contributed by atoms with Gasteiger partial charge in [-0.2, -0.15) is 17.5 Å². The molecule has 2 rings (SSSR count). The van der Waals surface area contributed by atoms with Crippen LogP contribution in [-0.4, -0.2) is 51.3 Å². The van der Waals surface area contributed by atoms with Crippen molar-refractivity contribution >= 4 is 10.0 Å². The van der Waals surface area contributed by atoms with Crippen LogP contribution in [0.25, 0.3) is 0 Å². The second kappa shape index (κ2) is 7.71. The summed E-state index contributed by atoms with van der Waals surface area (Å²) in [5.41, 5.74) is 0. The lowest BCUT2D eigenvalue weighted by Crippen LogP contribution is -2.47. The van der Waals surface area contributed by atoms with E-state index in [0.717, 1.165) is 0 Å². The van der Waals surface area contributed by atoms with E-state index in [1.165, 1.54) is 24.3 Å². The van der Waals surface area contributed by atoms with E-state index < -0.39 is 28.8 Å². The van der Waals surface area contributed by atoms with Crippen molar-refractivity contribution in [3.05, 3.63) is 24.3 Å². The quantitative estimate of drug-likeness (QED) is 0.776. The van der Waals surface area contributed by atoms with Crippen LogP contribution in [0.5, 0.6) is 5.75 Å². The second-order valence-electron chi connectivity index (χ2n) is 5.41. The minimum absolute atomic E-state index is 0.179. The summed E-state index contributed by atoms with van der Waals surface area (Å²) in [7, 11) is -4.26. The summed E-state index contributed by atoms with van der Waals surface area (Å²) in [6.07, 6.45) is -4.13. The second-order valence-corrected chi connectivity index (χ2v) is 7.30. The van der Waals surface area contributed by atoms with Crippen LogP contribution in [0.1, 0.15) is 19.8 Å². The predicted octanol–water partition coefficient (Wildman–Crippen LogP) is 2.82. The molecule has 1 aromatic rings. The molecule has 0 N–H and O–H groups in total. The molecule has 0 radical (unpaired) electrons. The van der Waals surface area contributed by atoms with Gasteiger partial charge in [0, 0.05) is 19.3 Å². The molecule has 1 aliphatic heterocycles. The van der Waals surface area contributed by atoms with E-state index in [0.29, 0.717) is 16.7 Å². The van der Waals surface area contributed by atoms with E-state index in [4.69, 9.17) is 9.47 Å². The summed E-state index contributed by atoms with van der Waals surface area (Å²) in [6.45, 7) is 1.18.